The van der Waals surface area contributed by atoms with E-state index in [0.29, 0.717) is 5.33 Å². The van der Waals surface area contributed by atoms with Gasteiger partial charge in [0.05, 0.1) is 5.33 Å². The smallest absolute Gasteiger partial charge is 0.230 e. The van der Waals surface area contributed by atoms with Crippen molar-refractivity contribution in [3.05, 3.63) is 0 Å². The number of likely N-dealkylation sites (tertiary alicyclic amines) is 1. The molecule has 2 amide bonds. The van der Waals surface area contributed by atoms with E-state index in [1.807, 2.05) is 25.7 Å². The molecule has 1 N–H and O–H groups in total. The van der Waals surface area contributed by atoms with Crippen LogP contribution in [0.5, 0.6) is 0 Å². The maximum absolute atomic E-state index is 12.0. The van der Waals surface area contributed by atoms with E-state index in [0.717, 1.165) is 25.9 Å². The SMILES string of the molecule is CC(C)(C)C(=O)N1CCC(NC(=O)CBr)CC1. The molecular weight excluding hydrogens is 284 g/mol. The number of carbonyl (C=O) groups excluding carboxylic acids is 2. The molecule has 1 fully saturated rings. The average Bonchev–Trinajstić information content (AvgIpc) is 2.27. The van der Waals surface area contributed by atoms with Gasteiger partial charge in [-0.3, -0.25) is 9.59 Å². The van der Waals surface area contributed by atoms with E-state index < -0.39 is 0 Å². The predicted octanol–water partition coefficient (Wildman–Crippen LogP) is 1.53. The molecule has 0 unspecified atom stereocenters. The zero-order valence-electron chi connectivity index (χ0n) is 10.8. The van der Waals surface area contributed by atoms with E-state index >= 15 is 0 Å². The molecule has 4 nitrogen and oxygen atoms in total. The van der Waals surface area contributed by atoms with Crippen molar-refractivity contribution in [2.45, 2.75) is 39.7 Å². The molecular formula is C12H21BrN2O2. The Morgan fingerprint density at radius 1 is 1.29 bits per heavy atom. The maximum atomic E-state index is 12.0. The molecule has 1 rings (SSSR count). The molecule has 0 saturated carbocycles. The third-order valence-corrected chi connectivity index (χ3v) is 3.42. The molecule has 1 aliphatic rings. The van der Waals surface area contributed by atoms with E-state index in [4.69, 9.17) is 0 Å². The summed E-state index contributed by atoms with van der Waals surface area (Å²) in [5.41, 5.74) is -0.314. The summed E-state index contributed by atoms with van der Waals surface area (Å²) >= 11 is 3.13. The molecule has 17 heavy (non-hydrogen) atoms. The lowest BCUT2D eigenvalue weighted by atomic mass is 9.93. The molecule has 5 heteroatoms. The second-order valence-corrected chi connectivity index (χ2v) is 6.08. The number of nitrogens with zero attached hydrogens (tertiary/aromatic N) is 1. The largest absolute Gasteiger partial charge is 0.353 e. The van der Waals surface area contributed by atoms with E-state index in [1.165, 1.54) is 0 Å². The number of piperidine rings is 1. The second kappa shape index (κ2) is 5.85. The molecule has 1 saturated heterocycles. The van der Waals surface area contributed by atoms with Crippen molar-refractivity contribution < 1.29 is 9.59 Å². The normalized spacial score (nSPS) is 18.0. The number of alkyl halides is 1. The molecule has 0 atom stereocenters. The summed E-state index contributed by atoms with van der Waals surface area (Å²) in [7, 11) is 0. The van der Waals surface area contributed by atoms with Crippen LogP contribution in [0, 0.1) is 5.41 Å². The van der Waals surface area contributed by atoms with Crippen molar-refractivity contribution in [1.82, 2.24) is 10.2 Å². The summed E-state index contributed by atoms with van der Waals surface area (Å²) in [5, 5.41) is 3.28. The van der Waals surface area contributed by atoms with Gasteiger partial charge in [-0.25, -0.2) is 0 Å². The Labute approximate surface area is 111 Å². The van der Waals surface area contributed by atoms with Gasteiger partial charge in [-0.15, -0.1) is 0 Å². The third kappa shape index (κ3) is 4.30. The summed E-state index contributed by atoms with van der Waals surface area (Å²) in [4.78, 5) is 25.2. The molecule has 0 aliphatic carbocycles. The molecule has 98 valence electrons. The number of carbonyl (C=O) groups is 2. The van der Waals surface area contributed by atoms with Gasteiger partial charge in [-0.1, -0.05) is 36.7 Å². The van der Waals surface area contributed by atoms with Crippen molar-refractivity contribution in [1.29, 1.82) is 0 Å². The molecule has 0 aromatic heterocycles. The van der Waals surface area contributed by atoms with Gasteiger partial charge >= 0.3 is 0 Å². The minimum Gasteiger partial charge on any atom is -0.353 e. The quantitative estimate of drug-likeness (QED) is 0.787. The van der Waals surface area contributed by atoms with Gasteiger partial charge in [0.2, 0.25) is 11.8 Å². The van der Waals surface area contributed by atoms with Gasteiger partial charge in [-0.05, 0) is 12.8 Å². The first-order chi connectivity index (χ1) is 7.84. The Morgan fingerprint density at radius 3 is 2.24 bits per heavy atom. The lowest BCUT2D eigenvalue weighted by Crippen LogP contribution is -2.49. The fourth-order valence-corrected chi connectivity index (χ4v) is 2.13. The number of halogens is 1. The Kier molecular flexibility index (Phi) is 4.98. The third-order valence-electron chi connectivity index (χ3n) is 2.91. The van der Waals surface area contributed by atoms with Crippen molar-refractivity contribution in [3.8, 4) is 0 Å². The fraction of sp³-hybridized carbons (Fsp3) is 0.833. The topological polar surface area (TPSA) is 49.4 Å². The van der Waals surface area contributed by atoms with E-state index in [-0.39, 0.29) is 23.3 Å². The lowest BCUT2D eigenvalue weighted by molar-refractivity contribution is -0.140. The minimum atomic E-state index is -0.314. The van der Waals surface area contributed by atoms with Crippen LogP contribution in [0.2, 0.25) is 0 Å². The summed E-state index contributed by atoms with van der Waals surface area (Å²) in [6.07, 6.45) is 1.70. The highest BCUT2D eigenvalue weighted by Crippen LogP contribution is 2.20. The molecule has 0 radical (unpaired) electrons. The number of nitrogens with one attached hydrogen (secondary N) is 1. The average molecular weight is 305 g/mol. The summed E-state index contributed by atoms with van der Waals surface area (Å²) < 4.78 is 0. The number of hydrogen-bond donors (Lipinski definition) is 1. The fourth-order valence-electron chi connectivity index (χ4n) is 1.97. The molecule has 1 heterocycles. The summed E-state index contributed by atoms with van der Waals surface area (Å²) in [5.74, 6) is 0.216. The van der Waals surface area contributed by atoms with Gasteiger partial charge in [0.1, 0.15) is 0 Å². The van der Waals surface area contributed by atoms with E-state index in [2.05, 4.69) is 21.2 Å². The van der Waals surface area contributed by atoms with Crippen molar-refractivity contribution in [3.63, 3.8) is 0 Å². The first kappa shape index (κ1) is 14.5. The Hall–Kier alpha value is -0.580. The van der Waals surface area contributed by atoms with Crippen LogP contribution in [0.3, 0.4) is 0 Å². The Balaban J connectivity index is 2.41. The molecule has 0 spiro atoms. The molecule has 0 bridgehead atoms. The number of rotatable bonds is 2. The highest BCUT2D eigenvalue weighted by Gasteiger charge is 2.30. The summed E-state index contributed by atoms with van der Waals surface area (Å²) in [6, 6.07) is 0.212. The van der Waals surface area contributed by atoms with Crippen LogP contribution < -0.4 is 5.32 Å². The number of hydrogen-bond acceptors (Lipinski definition) is 2. The van der Waals surface area contributed by atoms with Gasteiger partial charge in [0.25, 0.3) is 0 Å². The highest BCUT2D eigenvalue weighted by molar-refractivity contribution is 9.09. The maximum Gasteiger partial charge on any atom is 0.230 e. The Morgan fingerprint density at radius 2 is 1.82 bits per heavy atom. The van der Waals surface area contributed by atoms with E-state index in [9.17, 15) is 9.59 Å². The second-order valence-electron chi connectivity index (χ2n) is 5.52. The first-order valence-electron chi connectivity index (χ1n) is 5.99. The van der Waals surface area contributed by atoms with Crippen LogP contribution in [0.1, 0.15) is 33.6 Å². The van der Waals surface area contributed by atoms with Gasteiger partial charge in [-0.2, -0.15) is 0 Å². The summed E-state index contributed by atoms with van der Waals surface area (Å²) in [6.45, 7) is 7.29. The lowest BCUT2D eigenvalue weighted by Gasteiger charge is -2.35. The van der Waals surface area contributed by atoms with Crippen LogP contribution in [0.4, 0.5) is 0 Å². The first-order valence-corrected chi connectivity index (χ1v) is 7.11. The molecule has 0 aromatic carbocycles. The van der Waals surface area contributed by atoms with Crippen LogP contribution in [0.25, 0.3) is 0 Å². The van der Waals surface area contributed by atoms with Gasteiger partial charge in [0, 0.05) is 24.5 Å². The van der Waals surface area contributed by atoms with Crippen molar-refractivity contribution in [2.75, 3.05) is 18.4 Å². The van der Waals surface area contributed by atoms with Crippen LogP contribution in [-0.2, 0) is 9.59 Å². The van der Waals surface area contributed by atoms with Crippen LogP contribution >= 0.6 is 15.9 Å². The molecule has 1 aliphatic heterocycles. The van der Waals surface area contributed by atoms with Crippen LogP contribution in [-0.4, -0.2) is 41.2 Å². The van der Waals surface area contributed by atoms with Gasteiger partial charge in [0.15, 0.2) is 0 Å². The minimum absolute atomic E-state index is 0.0191. The molecule has 0 aromatic rings. The number of amides is 2. The van der Waals surface area contributed by atoms with Crippen LogP contribution in [0.15, 0.2) is 0 Å². The zero-order valence-corrected chi connectivity index (χ0v) is 12.3. The van der Waals surface area contributed by atoms with E-state index in [1.54, 1.807) is 0 Å². The predicted molar refractivity (Wildman–Crippen MR) is 71.0 cm³/mol. The van der Waals surface area contributed by atoms with Gasteiger partial charge < -0.3 is 10.2 Å². The zero-order chi connectivity index (χ0) is 13.1. The highest BCUT2D eigenvalue weighted by atomic mass is 79.9. The Bertz CT molecular complexity index is 291. The van der Waals surface area contributed by atoms with Crippen molar-refractivity contribution >= 4 is 27.7 Å². The monoisotopic (exact) mass is 304 g/mol. The standard InChI is InChI=1S/C12H21BrN2O2/c1-12(2,3)11(17)15-6-4-9(5-7-15)14-10(16)8-13/h9H,4-8H2,1-3H3,(H,14,16). The van der Waals surface area contributed by atoms with Crippen molar-refractivity contribution in [2.24, 2.45) is 5.41 Å².